The topological polar surface area (TPSA) is 39.7 Å². The Labute approximate surface area is 150 Å². The zero-order valence-corrected chi connectivity index (χ0v) is 14.7. The Morgan fingerprint density at radius 2 is 1.79 bits per heavy atom. The minimum absolute atomic E-state index is 0.0595. The molecule has 2 heterocycles. The Hall–Kier alpha value is -1.62. The van der Waals surface area contributed by atoms with Crippen molar-refractivity contribution >= 4 is 23.2 Å². The van der Waals surface area contributed by atoms with Gasteiger partial charge in [-0.1, -0.05) is 23.2 Å². The van der Waals surface area contributed by atoms with Crippen LogP contribution >= 0.6 is 23.2 Å². The Kier molecular flexibility index (Phi) is 4.21. The van der Waals surface area contributed by atoms with Crippen LogP contribution in [-0.2, 0) is 6.42 Å². The third-order valence-electron chi connectivity index (χ3n) is 4.41. The van der Waals surface area contributed by atoms with Crippen molar-refractivity contribution in [3.8, 4) is 17.2 Å². The van der Waals surface area contributed by atoms with Crippen molar-refractivity contribution in [3.63, 3.8) is 0 Å². The third-order valence-corrected chi connectivity index (χ3v) is 4.91. The van der Waals surface area contributed by atoms with Crippen molar-refractivity contribution in [1.29, 1.82) is 0 Å². The number of halogens is 2. The minimum atomic E-state index is -0.0595. The van der Waals surface area contributed by atoms with E-state index >= 15 is 0 Å². The fourth-order valence-corrected chi connectivity index (χ4v) is 3.97. The monoisotopic (exact) mass is 365 g/mol. The maximum Gasteiger partial charge on any atom is 0.161 e. The van der Waals surface area contributed by atoms with Crippen LogP contribution < -0.4 is 19.5 Å². The van der Waals surface area contributed by atoms with E-state index in [1.807, 2.05) is 6.07 Å². The van der Waals surface area contributed by atoms with Gasteiger partial charge in [0.2, 0.25) is 0 Å². The molecule has 2 aliphatic heterocycles. The number of ether oxygens (including phenoxy) is 3. The average Bonchev–Trinajstić information content (AvgIpc) is 2.59. The highest BCUT2D eigenvalue weighted by Crippen LogP contribution is 2.43. The van der Waals surface area contributed by atoms with Crippen molar-refractivity contribution in [2.75, 3.05) is 26.9 Å². The highest BCUT2D eigenvalue weighted by molar-refractivity contribution is 6.35. The molecule has 2 aromatic rings. The van der Waals surface area contributed by atoms with Gasteiger partial charge in [0.1, 0.15) is 19.0 Å². The first-order valence-electron chi connectivity index (χ1n) is 7.86. The molecule has 0 aliphatic carbocycles. The molecule has 0 fully saturated rings. The standard InChI is InChI=1S/C18H17Cl2NO3/c1-22-18-13(7-11(19)8-14(18)20)17-12-9-16-15(23-4-5-24-16)6-10(12)2-3-21-17/h6-9,17,21H,2-5H2,1H3. The van der Waals surface area contributed by atoms with Crippen LogP contribution in [0.5, 0.6) is 17.2 Å². The number of methoxy groups -OCH3 is 1. The van der Waals surface area contributed by atoms with Gasteiger partial charge in [0, 0.05) is 17.1 Å². The summed E-state index contributed by atoms with van der Waals surface area (Å²) in [6, 6.07) is 7.66. The van der Waals surface area contributed by atoms with Gasteiger partial charge >= 0.3 is 0 Å². The second kappa shape index (κ2) is 6.36. The zero-order chi connectivity index (χ0) is 16.7. The van der Waals surface area contributed by atoms with Gasteiger partial charge in [0.15, 0.2) is 11.5 Å². The quantitative estimate of drug-likeness (QED) is 0.872. The molecule has 0 saturated carbocycles. The Morgan fingerprint density at radius 1 is 1.04 bits per heavy atom. The first-order chi connectivity index (χ1) is 11.7. The second-order valence-corrected chi connectivity index (χ2v) is 6.69. The number of benzene rings is 2. The normalized spacial score (nSPS) is 18.9. The highest BCUT2D eigenvalue weighted by atomic mass is 35.5. The van der Waals surface area contributed by atoms with E-state index < -0.39 is 0 Å². The lowest BCUT2D eigenvalue weighted by Gasteiger charge is -2.31. The summed E-state index contributed by atoms with van der Waals surface area (Å²) in [6.45, 7) is 2.01. The summed E-state index contributed by atoms with van der Waals surface area (Å²) in [4.78, 5) is 0. The van der Waals surface area contributed by atoms with Gasteiger partial charge in [-0.2, -0.15) is 0 Å². The van der Waals surface area contributed by atoms with E-state index in [0.717, 1.165) is 35.6 Å². The van der Waals surface area contributed by atoms with Crippen LogP contribution in [0, 0.1) is 0 Å². The van der Waals surface area contributed by atoms with Gasteiger partial charge < -0.3 is 19.5 Å². The number of rotatable bonds is 2. The summed E-state index contributed by atoms with van der Waals surface area (Å²) >= 11 is 12.5. The molecule has 0 spiro atoms. The maximum absolute atomic E-state index is 6.31. The molecule has 0 radical (unpaired) electrons. The van der Waals surface area contributed by atoms with Crippen LogP contribution in [0.3, 0.4) is 0 Å². The Morgan fingerprint density at radius 3 is 2.54 bits per heavy atom. The van der Waals surface area contributed by atoms with E-state index in [0.29, 0.717) is 29.0 Å². The summed E-state index contributed by atoms with van der Waals surface area (Å²) in [5.74, 6) is 2.24. The predicted octanol–water partition coefficient (Wildman–Crippen LogP) is 4.01. The lowest BCUT2D eigenvalue weighted by atomic mass is 9.89. The molecule has 0 bridgehead atoms. The van der Waals surface area contributed by atoms with E-state index in [9.17, 15) is 0 Å². The molecule has 24 heavy (non-hydrogen) atoms. The molecule has 4 rings (SSSR count). The largest absolute Gasteiger partial charge is 0.495 e. The van der Waals surface area contributed by atoms with Gasteiger partial charge in [-0.3, -0.25) is 0 Å². The molecule has 0 amide bonds. The van der Waals surface area contributed by atoms with E-state index in [-0.39, 0.29) is 6.04 Å². The van der Waals surface area contributed by atoms with E-state index in [2.05, 4.69) is 17.4 Å². The Balaban J connectivity index is 1.85. The van der Waals surface area contributed by atoms with Crippen LogP contribution in [0.4, 0.5) is 0 Å². The molecular formula is C18H17Cl2NO3. The SMILES string of the molecule is COc1c(Cl)cc(Cl)cc1C1NCCc2cc3c(cc21)OCCO3. The van der Waals surface area contributed by atoms with Crippen molar-refractivity contribution in [3.05, 3.63) is 51.0 Å². The average molecular weight is 366 g/mol. The van der Waals surface area contributed by atoms with Crippen LogP contribution in [0.1, 0.15) is 22.7 Å². The smallest absolute Gasteiger partial charge is 0.161 e. The zero-order valence-electron chi connectivity index (χ0n) is 13.2. The fourth-order valence-electron chi connectivity index (χ4n) is 3.38. The molecule has 126 valence electrons. The third kappa shape index (κ3) is 2.69. The molecule has 4 nitrogen and oxygen atoms in total. The van der Waals surface area contributed by atoms with E-state index in [1.54, 1.807) is 13.2 Å². The van der Waals surface area contributed by atoms with Crippen LogP contribution in [-0.4, -0.2) is 26.9 Å². The Bertz CT molecular complexity index is 794. The van der Waals surface area contributed by atoms with Crippen LogP contribution in [0.2, 0.25) is 10.0 Å². The molecule has 2 aliphatic rings. The highest BCUT2D eigenvalue weighted by Gasteiger charge is 2.28. The lowest BCUT2D eigenvalue weighted by molar-refractivity contribution is 0.171. The molecule has 1 unspecified atom stereocenters. The van der Waals surface area contributed by atoms with Crippen molar-refractivity contribution in [2.24, 2.45) is 0 Å². The first kappa shape index (κ1) is 15.9. The van der Waals surface area contributed by atoms with Crippen molar-refractivity contribution < 1.29 is 14.2 Å². The molecule has 2 aromatic carbocycles. The molecule has 1 N–H and O–H groups in total. The predicted molar refractivity (Wildman–Crippen MR) is 94.0 cm³/mol. The van der Waals surface area contributed by atoms with Gasteiger partial charge in [-0.05, 0) is 41.8 Å². The molecular weight excluding hydrogens is 349 g/mol. The summed E-state index contributed by atoms with van der Waals surface area (Å²) < 4.78 is 17.0. The van der Waals surface area contributed by atoms with Gasteiger partial charge in [-0.25, -0.2) is 0 Å². The lowest BCUT2D eigenvalue weighted by Crippen LogP contribution is -2.31. The second-order valence-electron chi connectivity index (χ2n) is 5.84. The summed E-state index contributed by atoms with van der Waals surface area (Å²) in [5.41, 5.74) is 3.30. The molecule has 0 saturated heterocycles. The molecule has 6 heteroatoms. The van der Waals surface area contributed by atoms with E-state index in [4.69, 9.17) is 37.4 Å². The number of nitrogens with one attached hydrogen (secondary N) is 1. The molecule has 1 atom stereocenters. The number of hydrogen-bond acceptors (Lipinski definition) is 4. The van der Waals surface area contributed by atoms with Crippen LogP contribution in [0.25, 0.3) is 0 Å². The van der Waals surface area contributed by atoms with Gasteiger partial charge in [-0.15, -0.1) is 0 Å². The van der Waals surface area contributed by atoms with Gasteiger partial charge in [0.25, 0.3) is 0 Å². The fraction of sp³-hybridized carbons (Fsp3) is 0.333. The molecule has 0 aromatic heterocycles. The summed E-state index contributed by atoms with van der Waals surface area (Å²) in [6.07, 6.45) is 0.930. The minimum Gasteiger partial charge on any atom is -0.495 e. The summed E-state index contributed by atoms with van der Waals surface area (Å²) in [5, 5.41) is 4.63. The van der Waals surface area contributed by atoms with Crippen molar-refractivity contribution in [2.45, 2.75) is 12.5 Å². The van der Waals surface area contributed by atoms with Crippen LogP contribution in [0.15, 0.2) is 24.3 Å². The van der Waals surface area contributed by atoms with Crippen molar-refractivity contribution in [1.82, 2.24) is 5.32 Å². The first-order valence-corrected chi connectivity index (χ1v) is 8.61. The number of fused-ring (bicyclic) bond motifs is 2. The summed E-state index contributed by atoms with van der Waals surface area (Å²) in [7, 11) is 1.62. The number of hydrogen-bond donors (Lipinski definition) is 1. The maximum atomic E-state index is 6.31. The van der Waals surface area contributed by atoms with E-state index in [1.165, 1.54) is 5.56 Å². The van der Waals surface area contributed by atoms with Gasteiger partial charge in [0.05, 0.1) is 18.2 Å².